The third kappa shape index (κ3) is 2.74. The smallest absolute Gasteiger partial charge is 0.263 e. The van der Waals surface area contributed by atoms with E-state index in [9.17, 15) is 4.79 Å². The Labute approximate surface area is 132 Å². The third-order valence-corrected chi connectivity index (χ3v) is 5.70. The average Bonchev–Trinajstić information content (AvgIpc) is 3.01. The van der Waals surface area contributed by atoms with E-state index in [0.717, 1.165) is 28.8 Å². The van der Waals surface area contributed by atoms with E-state index in [1.807, 2.05) is 13.2 Å². The molecule has 2 aromatic rings. The van der Waals surface area contributed by atoms with E-state index in [0.29, 0.717) is 10.6 Å². The number of aryl methyl sites for hydroxylation is 2. The summed E-state index contributed by atoms with van der Waals surface area (Å²) in [6.07, 6.45) is 5.30. The predicted molar refractivity (Wildman–Crippen MR) is 91.4 cm³/mol. The van der Waals surface area contributed by atoms with Crippen LogP contribution in [0.5, 0.6) is 0 Å². The molecule has 21 heavy (non-hydrogen) atoms. The number of nitrogens with one attached hydrogen (secondary N) is 1. The number of carbonyl (C=O) groups excluding carboxylic acids is 1. The van der Waals surface area contributed by atoms with E-state index in [4.69, 9.17) is 5.73 Å². The van der Waals surface area contributed by atoms with Crippen molar-refractivity contribution in [3.8, 4) is 0 Å². The Kier molecular flexibility index (Phi) is 4.08. The van der Waals surface area contributed by atoms with Crippen molar-refractivity contribution >= 4 is 44.9 Å². The number of thiophene rings is 1. The minimum Gasteiger partial charge on any atom is -0.397 e. The lowest BCUT2D eigenvalue weighted by Crippen LogP contribution is -2.34. The molecule has 1 aliphatic rings. The van der Waals surface area contributed by atoms with E-state index in [-0.39, 0.29) is 11.9 Å². The molecule has 1 amide bonds. The molecular formula is C15H19N3OS2. The summed E-state index contributed by atoms with van der Waals surface area (Å²) in [5.74, 6) is 0.806. The van der Waals surface area contributed by atoms with Gasteiger partial charge in [0.25, 0.3) is 5.91 Å². The second-order valence-corrected chi connectivity index (χ2v) is 7.38. The summed E-state index contributed by atoms with van der Waals surface area (Å²) < 4.78 is 0. The van der Waals surface area contributed by atoms with Crippen molar-refractivity contribution < 1.29 is 4.79 Å². The van der Waals surface area contributed by atoms with Crippen LogP contribution in [0.4, 0.5) is 5.69 Å². The topological polar surface area (TPSA) is 68.0 Å². The molecule has 112 valence electrons. The van der Waals surface area contributed by atoms with Crippen molar-refractivity contribution in [2.24, 2.45) is 0 Å². The fraction of sp³-hybridized carbons (Fsp3) is 0.467. The Balaban J connectivity index is 1.93. The largest absolute Gasteiger partial charge is 0.397 e. The van der Waals surface area contributed by atoms with Crippen LogP contribution < -0.4 is 11.1 Å². The maximum absolute atomic E-state index is 12.4. The van der Waals surface area contributed by atoms with Crippen molar-refractivity contribution in [1.29, 1.82) is 0 Å². The number of rotatable bonds is 4. The van der Waals surface area contributed by atoms with Crippen LogP contribution in [0.15, 0.2) is 6.07 Å². The highest BCUT2D eigenvalue weighted by atomic mass is 32.2. The van der Waals surface area contributed by atoms with Gasteiger partial charge in [-0.2, -0.15) is 11.8 Å². The predicted octanol–water partition coefficient (Wildman–Crippen LogP) is 2.85. The number of anilines is 1. The number of pyridine rings is 1. The first-order valence-electron chi connectivity index (χ1n) is 7.10. The summed E-state index contributed by atoms with van der Waals surface area (Å²) in [6, 6.07) is 2.26. The van der Waals surface area contributed by atoms with Gasteiger partial charge in [0.05, 0.1) is 5.69 Å². The fourth-order valence-electron chi connectivity index (χ4n) is 2.75. The first-order valence-corrected chi connectivity index (χ1v) is 9.31. The molecule has 1 aliphatic carbocycles. The van der Waals surface area contributed by atoms with Gasteiger partial charge in [0.2, 0.25) is 0 Å². The Hall–Kier alpha value is -1.27. The summed E-state index contributed by atoms with van der Waals surface area (Å²) >= 11 is 3.12. The van der Waals surface area contributed by atoms with Crippen LogP contribution in [0.1, 0.15) is 34.3 Å². The van der Waals surface area contributed by atoms with Gasteiger partial charge in [-0.05, 0) is 44.1 Å². The standard InChI is InChI=1S/C15H19N3OS2/c1-8(7-20-2)17-14(19)13-12(16)10-6-9-4-3-5-11(9)18-15(10)21-13/h6,8H,3-5,7,16H2,1-2H3,(H,17,19). The van der Waals surface area contributed by atoms with Crippen molar-refractivity contribution in [2.45, 2.75) is 32.2 Å². The number of hydrogen-bond acceptors (Lipinski definition) is 5. The molecule has 0 saturated carbocycles. The van der Waals surface area contributed by atoms with Crippen LogP contribution in [0.25, 0.3) is 10.2 Å². The normalized spacial score (nSPS) is 15.1. The van der Waals surface area contributed by atoms with Crippen molar-refractivity contribution in [2.75, 3.05) is 17.7 Å². The molecule has 0 bridgehead atoms. The average molecular weight is 321 g/mol. The number of hydrogen-bond donors (Lipinski definition) is 2. The zero-order valence-corrected chi connectivity index (χ0v) is 13.9. The molecule has 0 aromatic carbocycles. The zero-order chi connectivity index (χ0) is 15.0. The molecule has 1 atom stereocenters. The highest BCUT2D eigenvalue weighted by molar-refractivity contribution is 7.98. The number of nitrogens with two attached hydrogens (primary N) is 1. The number of aromatic nitrogens is 1. The molecule has 3 N–H and O–H groups in total. The van der Waals surface area contributed by atoms with Crippen LogP contribution in [-0.4, -0.2) is 28.9 Å². The van der Waals surface area contributed by atoms with Crippen LogP contribution in [-0.2, 0) is 12.8 Å². The number of carbonyl (C=O) groups is 1. The molecule has 0 fully saturated rings. The zero-order valence-electron chi connectivity index (χ0n) is 12.2. The first kappa shape index (κ1) is 14.7. The number of nitrogens with zero attached hydrogens (tertiary/aromatic N) is 1. The van der Waals surface area contributed by atoms with E-state index >= 15 is 0 Å². The quantitative estimate of drug-likeness (QED) is 0.908. The molecule has 0 saturated heterocycles. The van der Waals surface area contributed by atoms with Gasteiger partial charge in [0.1, 0.15) is 9.71 Å². The summed E-state index contributed by atoms with van der Waals surface area (Å²) in [5, 5.41) is 3.93. The number of nitrogen functional groups attached to an aromatic ring is 1. The number of amides is 1. The van der Waals surface area contributed by atoms with Crippen LogP contribution in [0.3, 0.4) is 0 Å². The van der Waals surface area contributed by atoms with Gasteiger partial charge in [-0.1, -0.05) is 0 Å². The molecule has 2 aromatic heterocycles. The van der Waals surface area contributed by atoms with Crippen LogP contribution in [0, 0.1) is 0 Å². The molecule has 2 heterocycles. The highest BCUT2D eigenvalue weighted by Gasteiger charge is 2.21. The Morgan fingerprint density at radius 1 is 1.57 bits per heavy atom. The van der Waals surface area contributed by atoms with Gasteiger partial charge < -0.3 is 11.1 Å². The second-order valence-electron chi connectivity index (χ2n) is 5.48. The second kappa shape index (κ2) is 5.85. The number of thioether (sulfide) groups is 1. The molecule has 0 aliphatic heterocycles. The lowest BCUT2D eigenvalue weighted by atomic mass is 10.1. The summed E-state index contributed by atoms with van der Waals surface area (Å²) in [7, 11) is 0. The van der Waals surface area contributed by atoms with Gasteiger partial charge in [0.15, 0.2) is 0 Å². The van der Waals surface area contributed by atoms with Gasteiger partial charge in [-0.3, -0.25) is 4.79 Å². The maximum atomic E-state index is 12.4. The Morgan fingerprint density at radius 2 is 2.38 bits per heavy atom. The molecule has 1 unspecified atom stereocenters. The Morgan fingerprint density at radius 3 is 3.14 bits per heavy atom. The SMILES string of the molecule is CSCC(C)NC(=O)c1sc2nc3c(cc2c1N)CCC3. The van der Waals surface area contributed by atoms with Gasteiger partial charge >= 0.3 is 0 Å². The first-order chi connectivity index (χ1) is 10.1. The van der Waals surface area contributed by atoms with Crippen molar-refractivity contribution in [3.05, 3.63) is 22.2 Å². The van der Waals surface area contributed by atoms with Crippen LogP contribution >= 0.6 is 23.1 Å². The molecule has 0 radical (unpaired) electrons. The lowest BCUT2D eigenvalue weighted by Gasteiger charge is -2.11. The lowest BCUT2D eigenvalue weighted by molar-refractivity contribution is 0.0948. The Bertz CT molecular complexity index is 696. The summed E-state index contributed by atoms with van der Waals surface area (Å²) in [4.78, 5) is 18.5. The number of fused-ring (bicyclic) bond motifs is 2. The minimum absolute atomic E-state index is 0.0859. The molecule has 0 spiro atoms. The fourth-order valence-corrected chi connectivity index (χ4v) is 4.33. The van der Waals surface area contributed by atoms with E-state index in [2.05, 4.69) is 16.4 Å². The van der Waals surface area contributed by atoms with E-state index in [1.54, 1.807) is 11.8 Å². The maximum Gasteiger partial charge on any atom is 0.263 e. The summed E-state index contributed by atoms with van der Waals surface area (Å²) in [6.45, 7) is 2.00. The van der Waals surface area contributed by atoms with Gasteiger partial charge in [0, 0.05) is 22.9 Å². The molecule has 4 nitrogen and oxygen atoms in total. The highest BCUT2D eigenvalue weighted by Crippen LogP contribution is 2.35. The van der Waals surface area contributed by atoms with Crippen LogP contribution in [0.2, 0.25) is 0 Å². The van der Waals surface area contributed by atoms with E-state index < -0.39 is 0 Å². The van der Waals surface area contributed by atoms with Gasteiger partial charge in [-0.25, -0.2) is 4.98 Å². The van der Waals surface area contributed by atoms with Gasteiger partial charge in [-0.15, -0.1) is 11.3 Å². The summed E-state index contributed by atoms with van der Waals surface area (Å²) in [5.41, 5.74) is 9.22. The van der Waals surface area contributed by atoms with E-state index in [1.165, 1.54) is 29.0 Å². The molecular weight excluding hydrogens is 302 g/mol. The molecule has 6 heteroatoms. The third-order valence-electron chi connectivity index (χ3n) is 3.75. The van der Waals surface area contributed by atoms with Crippen molar-refractivity contribution in [3.63, 3.8) is 0 Å². The monoisotopic (exact) mass is 321 g/mol. The van der Waals surface area contributed by atoms with Crippen molar-refractivity contribution in [1.82, 2.24) is 10.3 Å². The molecule has 3 rings (SSSR count). The minimum atomic E-state index is -0.0859.